The Morgan fingerprint density at radius 1 is 1.00 bits per heavy atom. The molecule has 2 heteroatoms. The molecule has 86 valence electrons. The minimum Gasteiger partial charge on any atom is -0.375 e. The third kappa shape index (κ3) is 1.97. The quantitative estimate of drug-likeness (QED) is 0.810. The molecule has 0 saturated heterocycles. The zero-order valence-corrected chi connectivity index (χ0v) is 9.60. The van der Waals surface area contributed by atoms with E-state index in [0.717, 1.165) is 0 Å². The van der Waals surface area contributed by atoms with Crippen LogP contribution in [0.5, 0.6) is 0 Å². The maximum Gasteiger partial charge on any atom is 0.0721 e. The van der Waals surface area contributed by atoms with E-state index < -0.39 is 0 Å². The molecule has 1 aliphatic rings. The summed E-state index contributed by atoms with van der Waals surface area (Å²) in [6.07, 6.45) is 0. The zero-order chi connectivity index (χ0) is 11.7. The standard InChI is InChI=1S/C15H15NO/c16-15-10-17-9-13-7-6-12(8-14(13)15)11-4-2-1-3-5-11/h1-8,15H,9-10,16H2. The summed E-state index contributed by atoms with van der Waals surface area (Å²) in [7, 11) is 0. The fraction of sp³-hybridized carbons (Fsp3) is 0.200. The van der Waals surface area contributed by atoms with Crippen LogP contribution in [0.15, 0.2) is 48.5 Å². The van der Waals surface area contributed by atoms with E-state index in [2.05, 4.69) is 42.5 Å². The second kappa shape index (κ2) is 4.32. The van der Waals surface area contributed by atoms with Gasteiger partial charge < -0.3 is 10.5 Å². The number of hydrogen-bond donors (Lipinski definition) is 1. The zero-order valence-electron chi connectivity index (χ0n) is 9.60. The molecule has 2 aromatic rings. The molecule has 1 atom stereocenters. The average molecular weight is 225 g/mol. The Kier molecular flexibility index (Phi) is 2.67. The van der Waals surface area contributed by atoms with E-state index in [1.165, 1.54) is 22.3 Å². The molecule has 0 fully saturated rings. The lowest BCUT2D eigenvalue weighted by atomic mass is 9.94. The van der Waals surface area contributed by atoms with Gasteiger partial charge in [0.1, 0.15) is 0 Å². The van der Waals surface area contributed by atoms with Crippen molar-refractivity contribution < 1.29 is 4.74 Å². The third-order valence-corrected chi connectivity index (χ3v) is 3.21. The van der Waals surface area contributed by atoms with Gasteiger partial charge in [-0.15, -0.1) is 0 Å². The van der Waals surface area contributed by atoms with Gasteiger partial charge >= 0.3 is 0 Å². The summed E-state index contributed by atoms with van der Waals surface area (Å²) in [5.41, 5.74) is 11.0. The summed E-state index contributed by atoms with van der Waals surface area (Å²) in [6, 6.07) is 16.8. The molecule has 1 heterocycles. The summed E-state index contributed by atoms with van der Waals surface area (Å²) in [5.74, 6) is 0. The van der Waals surface area contributed by atoms with Crippen LogP contribution in [-0.2, 0) is 11.3 Å². The number of rotatable bonds is 1. The molecule has 0 amide bonds. The molecule has 0 aromatic heterocycles. The highest BCUT2D eigenvalue weighted by Gasteiger charge is 2.17. The van der Waals surface area contributed by atoms with Crippen molar-refractivity contribution in [1.82, 2.24) is 0 Å². The van der Waals surface area contributed by atoms with Crippen LogP contribution in [0.2, 0.25) is 0 Å². The van der Waals surface area contributed by atoms with Gasteiger partial charge in [0.2, 0.25) is 0 Å². The second-order valence-corrected chi connectivity index (χ2v) is 4.40. The van der Waals surface area contributed by atoms with Gasteiger partial charge in [0, 0.05) is 0 Å². The Morgan fingerprint density at radius 2 is 1.82 bits per heavy atom. The highest BCUT2D eigenvalue weighted by molar-refractivity contribution is 5.65. The maximum absolute atomic E-state index is 6.07. The highest BCUT2D eigenvalue weighted by Crippen LogP contribution is 2.28. The number of hydrogen-bond acceptors (Lipinski definition) is 2. The summed E-state index contributed by atoms with van der Waals surface area (Å²) >= 11 is 0. The SMILES string of the molecule is NC1COCc2ccc(-c3ccccc3)cc21. The molecule has 2 N–H and O–H groups in total. The van der Waals surface area contributed by atoms with Crippen LogP contribution in [-0.4, -0.2) is 6.61 Å². The lowest BCUT2D eigenvalue weighted by Gasteiger charge is -2.23. The van der Waals surface area contributed by atoms with Crippen molar-refractivity contribution in [2.75, 3.05) is 6.61 Å². The second-order valence-electron chi connectivity index (χ2n) is 4.40. The number of benzene rings is 2. The van der Waals surface area contributed by atoms with Gasteiger partial charge in [0.25, 0.3) is 0 Å². The fourth-order valence-electron chi connectivity index (χ4n) is 2.27. The number of fused-ring (bicyclic) bond motifs is 1. The Hall–Kier alpha value is -1.64. The smallest absolute Gasteiger partial charge is 0.0721 e. The third-order valence-electron chi connectivity index (χ3n) is 3.21. The highest BCUT2D eigenvalue weighted by atomic mass is 16.5. The lowest BCUT2D eigenvalue weighted by molar-refractivity contribution is 0.0924. The molecule has 1 aliphatic heterocycles. The molecule has 3 rings (SSSR count). The van der Waals surface area contributed by atoms with E-state index in [1.807, 2.05) is 6.07 Å². The average Bonchev–Trinajstić information content (AvgIpc) is 2.40. The Labute approximate surface area is 101 Å². The van der Waals surface area contributed by atoms with Crippen molar-refractivity contribution in [3.63, 3.8) is 0 Å². The molecule has 2 aromatic carbocycles. The Balaban J connectivity index is 2.06. The normalized spacial score (nSPS) is 18.8. The van der Waals surface area contributed by atoms with Gasteiger partial charge in [0.15, 0.2) is 0 Å². The van der Waals surface area contributed by atoms with Gasteiger partial charge in [-0.3, -0.25) is 0 Å². The number of ether oxygens (including phenoxy) is 1. The van der Waals surface area contributed by atoms with Gasteiger partial charge in [0.05, 0.1) is 19.3 Å². The largest absolute Gasteiger partial charge is 0.375 e. The van der Waals surface area contributed by atoms with Crippen LogP contribution in [0.3, 0.4) is 0 Å². The van der Waals surface area contributed by atoms with Crippen LogP contribution in [0, 0.1) is 0 Å². The molecule has 1 unspecified atom stereocenters. The number of nitrogens with two attached hydrogens (primary N) is 1. The Morgan fingerprint density at radius 3 is 2.65 bits per heavy atom. The molecular formula is C15H15NO. The van der Waals surface area contributed by atoms with E-state index in [9.17, 15) is 0 Å². The van der Waals surface area contributed by atoms with Crippen LogP contribution in [0.1, 0.15) is 17.2 Å². The van der Waals surface area contributed by atoms with Crippen LogP contribution >= 0.6 is 0 Å². The van der Waals surface area contributed by atoms with Crippen LogP contribution in [0.4, 0.5) is 0 Å². The van der Waals surface area contributed by atoms with E-state index in [1.54, 1.807) is 0 Å². The van der Waals surface area contributed by atoms with Crippen molar-refractivity contribution in [2.24, 2.45) is 5.73 Å². The summed E-state index contributed by atoms with van der Waals surface area (Å²) in [5, 5.41) is 0. The molecule has 0 bridgehead atoms. The van der Waals surface area contributed by atoms with Gasteiger partial charge in [-0.05, 0) is 28.3 Å². The van der Waals surface area contributed by atoms with Crippen molar-refractivity contribution in [3.05, 3.63) is 59.7 Å². The fourth-order valence-corrected chi connectivity index (χ4v) is 2.27. The van der Waals surface area contributed by atoms with Crippen LogP contribution < -0.4 is 5.73 Å². The van der Waals surface area contributed by atoms with Gasteiger partial charge in [-0.2, -0.15) is 0 Å². The summed E-state index contributed by atoms with van der Waals surface area (Å²) in [6.45, 7) is 1.29. The van der Waals surface area contributed by atoms with Crippen LogP contribution in [0.25, 0.3) is 11.1 Å². The van der Waals surface area contributed by atoms with Gasteiger partial charge in [-0.25, -0.2) is 0 Å². The molecule has 0 radical (unpaired) electrons. The molecule has 0 aliphatic carbocycles. The molecule has 17 heavy (non-hydrogen) atoms. The van der Waals surface area contributed by atoms with Crippen molar-refractivity contribution in [3.8, 4) is 11.1 Å². The van der Waals surface area contributed by atoms with E-state index in [4.69, 9.17) is 10.5 Å². The first-order valence-corrected chi connectivity index (χ1v) is 5.86. The van der Waals surface area contributed by atoms with E-state index in [0.29, 0.717) is 13.2 Å². The van der Waals surface area contributed by atoms with Crippen molar-refractivity contribution in [2.45, 2.75) is 12.6 Å². The van der Waals surface area contributed by atoms with E-state index in [-0.39, 0.29) is 6.04 Å². The van der Waals surface area contributed by atoms with Crippen molar-refractivity contribution >= 4 is 0 Å². The van der Waals surface area contributed by atoms with Crippen molar-refractivity contribution in [1.29, 1.82) is 0 Å². The molecule has 2 nitrogen and oxygen atoms in total. The predicted octanol–water partition coefficient (Wildman–Crippen LogP) is 2.88. The topological polar surface area (TPSA) is 35.2 Å². The first kappa shape index (κ1) is 10.5. The lowest BCUT2D eigenvalue weighted by Crippen LogP contribution is -2.23. The molecular weight excluding hydrogens is 210 g/mol. The minimum absolute atomic E-state index is 0.00223. The summed E-state index contributed by atoms with van der Waals surface area (Å²) in [4.78, 5) is 0. The molecule has 0 saturated carbocycles. The Bertz CT molecular complexity index is 522. The monoisotopic (exact) mass is 225 g/mol. The predicted molar refractivity (Wildman–Crippen MR) is 68.5 cm³/mol. The first-order valence-electron chi connectivity index (χ1n) is 5.86. The van der Waals surface area contributed by atoms with Gasteiger partial charge in [-0.1, -0.05) is 42.5 Å². The maximum atomic E-state index is 6.07. The summed E-state index contributed by atoms with van der Waals surface area (Å²) < 4.78 is 5.43. The minimum atomic E-state index is 0.00223. The first-order chi connectivity index (χ1) is 8.34. The van der Waals surface area contributed by atoms with E-state index >= 15 is 0 Å². The molecule has 0 spiro atoms.